The zero-order valence-electron chi connectivity index (χ0n) is 12.3. The smallest absolute Gasteiger partial charge is 0.404 e. The Bertz CT molecular complexity index is 712. The van der Waals surface area contributed by atoms with Crippen LogP contribution in [0.2, 0.25) is 0 Å². The summed E-state index contributed by atoms with van der Waals surface area (Å²) in [5.74, 6) is 0.518. The molecule has 122 valence electrons. The van der Waals surface area contributed by atoms with E-state index in [0.29, 0.717) is 5.75 Å². The zero-order chi connectivity index (χ0) is 16.9. The number of hydrogen-bond donors (Lipinski definition) is 3. The standard InChI is InChI=1S/C15H16NO5PS/c1-11-2-6-13(7-3-11)16-15(17)23-10-12-4-8-14(9-5-12)21-22(18,19)20/h2-9H,10H2,1H3,(H,16,17)(H2,18,19,20). The van der Waals surface area contributed by atoms with Gasteiger partial charge in [0.15, 0.2) is 0 Å². The molecule has 2 rings (SSSR count). The van der Waals surface area contributed by atoms with Crippen LogP contribution in [0.4, 0.5) is 10.5 Å². The number of amides is 1. The lowest BCUT2D eigenvalue weighted by Crippen LogP contribution is -2.05. The number of aryl methyl sites for hydroxylation is 1. The number of benzene rings is 2. The van der Waals surface area contributed by atoms with Crippen LogP contribution in [0.1, 0.15) is 11.1 Å². The predicted molar refractivity (Wildman–Crippen MR) is 90.6 cm³/mol. The van der Waals surface area contributed by atoms with Crippen molar-refractivity contribution < 1.29 is 23.7 Å². The first-order valence-corrected chi connectivity index (χ1v) is 9.18. The molecule has 0 unspecified atom stereocenters. The molecule has 0 radical (unpaired) electrons. The van der Waals surface area contributed by atoms with Crippen LogP contribution in [0.3, 0.4) is 0 Å². The summed E-state index contributed by atoms with van der Waals surface area (Å²) >= 11 is 1.10. The normalized spacial score (nSPS) is 11.1. The number of phosphoric ester groups is 1. The van der Waals surface area contributed by atoms with Gasteiger partial charge in [0.1, 0.15) is 5.75 Å². The van der Waals surface area contributed by atoms with Gasteiger partial charge in [-0.3, -0.25) is 14.6 Å². The molecule has 0 aliphatic carbocycles. The number of thioether (sulfide) groups is 1. The molecule has 0 aromatic heterocycles. The van der Waals surface area contributed by atoms with E-state index in [2.05, 4.69) is 9.84 Å². The summed E-state index contributed by atoms with van der Waals surface area (Å²) in [6, 6.07) is 13.7. The molecule has 0 heterocycles. The van der Waals surface area contributed by atoms with Gasteiger partial charge in [-0.25, -0.2) is 4.57 Å². The minimum absolute atomic E-state index is 0.0798. The summed E-state index contributed by atoms with van der Waals surface area (Å²) in [6.45, 7) is 1.97. The molecule has 2 aromatic carbocycles. The van der Waals surface area contributed by atoms with E-state index in [4.69, 9.17) is 9.79 Å². The molecular formula is C15H16NO5PS. The average Bonchev–Trinajstić information content (AvgIpc) is 2.47. The lowest BCUT2D eigenvalue weighted by atomic mass is 10.2. The maximum Gasteiger partial charge on any atom is 0.524 e. The molecular weight excluding hydrogens is 337 g/mol. The van der Waals surface area contributed by atoms with Crippen LogP contribution in [-0.4, -0.2) is 15.0 Å². The van der Waals surface area contributed by atoms with E-state index in [9.17, 15) is 9.36 Å². The Balaban J connectivity index is 1.84. The summed E-state index contributed by atoms with van der Waals surface area (Å²) in [5, 5.41) is 2.60. The summed E-state index contributed by atoms with van der Waals surface area (Å²) in [5.41, 5.74) is 2.69. The highest BCUT2D eigenvalue weighted by Crippen LogP contribution is 2.37. The van der Waals surface area contributed by atoms with E-state index in [0.717, 1.165) is 28.6 Å². The molecule has 0 spiro atoms. The SMILES string of the molecule is Cc1ccc(NC(=O)SCc2ccc(OP(=O)(O)O)cc2)cc1. The van der Waals surface area contributed by atoms with Crippen molar-refractivity contribution in [2.45, 2.75) is 12.7 Å². The number of hydrogen-bond acceptors (Lipinski definition) is 4. The molecule has 1 amide bonds. The van der Waals surface area contributed by atoms with E-state index >= 15 is 0 Å². The van der Waals surface area contributed by atoms with E-state index in [1.54, 1.807) is 12.1 Å². The molecule has 8 heteroatoms. The largest absolute Gasteiger partial charge is 0.524 e. The van der Waals surface area contributed by atoms with Crippen LogP contribution < -0.4 is 9.84 Å². The highest BCUT2D eigenvalue weighted by atomic mass is 32.2. The fraction of sp³-hybridized carbons (Fsp3) is 0.133. The number of phosphoric acid groups is 1. The van der Waals surface area contributed by atoms with Crippen molar-refractivity contribution in [2.75, 3.05) is 5.32 Å². The molecule has 0 bridgehead atoms. The number of carbonyl (C=O) groups is 1. The quantitative estimate of drug-likeness (QED) is 0.705. The Hall–Kier alpha value is -1.79. The van der Waals surface area contributed by atoms with Gasteiger partial charge in [0, 0.05) is 11.4 Å². The number of carbonyl (C=O) groups excluding carboxylic acids is 1. The molecule has 0 atom stereocenters. The van der Waals surface area contributed by atoms with Crippen molar-refractivity contribution in [3.63, 3.8) is 0 Å². The first-order chi connectivity index (χ1) is 10.8. The summed E-state index contributed by atoms with van der Waals surface area (Å²) in [4.78, 5) is 29.3. The lowest BCUT2D eigenvalue weighted by molar-refractivity contribution is 0.269. The van der Waals surface area contributed by atoms with Gasteiger partial charge in [-0.1, -0.05) is 41.6 Å². The van der Waals surface area contributed by atoms with Gasteiger partial charge in [0.2, 0.25) is 0 Å². The van der Waals surface area contributed by atoms with Gasteiger partial charge < -0.3 is 9.84 Å². The van der Waals surface area contributed by atoms with Crippen LogP contribution in [0.5, 0.6) is 5.75 Å². The van der Waals surface area contributed by atoms with Crippen molar-refractivity contribution in [3.8, 4) is 5.75 Å². The Labute approximate surface area is 138 Å². The first kappa shape index (κ1) is 17.6. The number of nitrogens with one attached hydrogen (secondary N) is 1. The fourth-order valence-corrected chi connectivity index (χ4v) is 2.80. The number of anilines is 1. The van der Waals surface area contributed by atoms with Gasteiger partial charge in [0.25, 0.3) is 5.24 Å². The number of rotatable bonds is 5. The Morgan fingerprint density at radius 3 is 2.30 bits per heavy atom. The lowest BCUT2D eigenvalue weighted by Gasteiger charge is -2.08. The van der Waals surface area contributed by atoms with Crippen LogP contribution >= 0.6 is 19.6 Å². The van der Waals surface area contributed by atoms with Crippen molar-refractivity contribution >= 4 is 30.5 Å². The fourth-order valence-electron chi connectivity index (χ4n) is 1.72. The van der Waals surface area contributed by atoms with Crippen molar-refractivity contribution in [2.24, 2.45) is 0 Å². The highest BCUT2D eigenvalue weighted by Gasteiger charge is 2.15. The first-order valence-electron chi connectivity index (χ1n) is 6.66. The van der Waals surface area contributed by atoms with E-state index in [1.165, 1.54) is 12.1 Å². The summed E-state index contributed by atoms with van der Waals surface area (Å²) < 4.78 is 15.2. The molecule has 0 aliphatic heterocycles. The highest BCUT2D eigenvalue weighted by molar-refractivity contribution is 8.13. The van der Waals surface area contributed by atoms with E-state index < -0.39 is 7.82 Å². The molecule has 3 N–H and O–H groups in total. The second-order valence-corrected chi connectivity index (χ2v) is 6.90. The molecule has 0 saturated carbocycles. The third-order valence-corrected chi connectivity index (χ3v) is 4.11. The van der Waals surface area contributed by atoms with Crippen LogP contribution in [0.15, 0.2) is 48.5 Å². The van der Waals surface area contributed by atoms with Gasteiger partial charge in [-0.05, 0) is 36.8 Å². The Kier molecular flexibility index (Phi) is 5.85. The summed E-state index contributed by atoms with van der Waals surface area (Å²) in [6.07, 6.45) is 0. The minimum Gasteiger partial charge on any atom is -0.404 e. The van der Waals surface area contributed by atoms with Crippen LogP contribution in [0, 0.1) is 6.92 Å². The molecule has 2 aromatic rings. The van der Waals surface area contributed by atoms with Gasteiger partial charge in [0.05, 0.1) is 0 Å². The average molecular weight is 353 g/mol. The predicted octanol–water partition coefficient (Wildman–Crippen LogP) is 3.93. The van der Waals surface area contributed by atoms with E-state index in [1.807, 2.05) is 31.2 Å². The maximum atomic E-state index is 11.8. The van der Waals surface area contributed by atoms with Gasteiger partial charge >= 0.3 is 7.82 Å². The second-order valence-electron chi connectivity index (χ2n) is 4.79. The van der Waals surface area contributed by atoms with Crippen LogP contribution in [0.25, 0.3) is 0 Å². The minimum atomic E-state index is -4.55. The molecule has 0 saturated heterocycles. The maximum absolute atomic E-state index is 11.8. The zero-order valence-corrected chi connectivity index (χ0v) is 14.0. The van der Waals surface area contributed by atoms with Crippen molar-refractivity contribution in [1.29, 1.82) is 0 Å². The molecule has 0 fully saturated rings. The van der Waals surface area contributed by atoms with Gasteiger partial charge in [-0.2, -0.15) is 0 Å². The third-order valence-electron chi connectivity index (χ3n) is 2.82. The Morgan fingerprint density at radius 2 is 1.74 bits per heavy atom. The van der Waals surface area contributed by atoms with Gasteiger partial charge in [-0.15, -0.1) is 0 Å². The Morgan fingerprint density at radius 1 is 1.13 bits per heavy atom. The van der Waals surface area contributed by atoms with E-state index in [-0.39, 0.29) is 11.0 Å². The summed E-state index contributed by atoms with van der Waals surface area (Å²) in [7, 11) is -4.55. The van der Waals surface area contributed by atoms with Crippen molar-refractivity contribution in [1.82, 2.24) is 0 Å². The molecule has 6 nitrogen and oxygen atoms in total. The second kappa shape index (κ2) is 7.66. The topological polar surface area (TPSA) is 95.9 Å². The van der Waals surface area contributed by atoms with Crippen molar-refractivity contribution in [3.05, 3.63) is 59.7 Å². The molecule has 23 heavy (non-hydrogen) atoms. The molecule has 0 aliphatic rings. The van der Waals surface area contributed by atoms with Crippen LogP contribution in [-0.2, 0) is 10.3 Å². The third kappa shape index (κ3) is 6.46. The monoisotopic (exact) mass is 353 g/mol.